The second-order valence-corrected chi connectivity index (χ2v) is 9.51. The molecular weight excluding hydrogens is 366 g/mol. The van der Waals surface area contributed by atoms with E-state index in [1.165, 1.54) is 35.6 Å². The molecule has 0 aliphatic carbocycles. The van der Waals surface area contributed by atoms with Crippen molar-refractivity contribution < 1.29 is 18.0 Å². The number of carbonyl (C=O) groups is 2. The molecule has 27 heavy (non-hydrogen) atoms. The Morgan fingerprint density at radius 1 is 1.04 bits per heavy atom. The van der Waals surface area contributed by atoms with Gasteiger partial charge in [-0.05, 0) is 55.4 Å². The van der Waals surface area contributed by atoms with Crippen molar-refractivity contribution in [1.82, 2.24) is 14.5 Å². The molecule has 1 spiro atoms. The number of nitrogens with one attached hydrogen (secondary N) is 1. The van der Waals surface area contributed by atoms with Gasteiger partial charge in [-0.1, -0.05) is 0 Å². The molecule has 0 aromatic heterocycles. The van der Waals surface area contributed by atoms with E-state index in [0.717, 1.165) is 32.2 Å². The predicted octanol–water partition coefficient (Wildman–Crippen LogP) is 1.46. The number of sulfonamides is 1. The first-order chi connectivity index (χ1) is 12.8. The first-order valence-electron chi connectivity index (χ1n) is 9.34. The third kappa shape index (κ3) is 4.01. The van der Waals surface area contributed by atoms with Gasteiger partial charge in [-0.2, -0.15) is 4.31 Å². The third-order valence-electron chi connectivity index (χ3n) is 6.04. The zero-order chi connectivity index (χ0) is 19.7. The third-order valence-corrected chi connectivity index (χ3v) is 7.95. The van der Waals surface area contributed by atoms with Crippen LogP contribution in [0, 0.1) is 5.41 Å². The summed E-state index contributed by atoms with van der Waals surface area (Å²) in [6, 6.07) is 6.04. The lowest BCUT2D eigenvalue weighted by Gasteiger charge is -2.40. The minimum atomic E-state index is -3.57. The van der Waals surface area contributed by atoms with Gasteiger partial charge in [0.2, 0.25) is 15.9 Å². The quantitative estimate of drug-likeness (QED) is 0.842. The summed E-state index contributed by atoms with van der Waals surface area (Å²) in [5, 5.41) is 2.52. The lowest BCUT2D eigenvalue weighted by molar-refractivity contribution is -0.129. The molecule has 7 nitrogen and oxygen atoms in total. The molecule has 148 valence electrons. The van der Waals surface area contributed by atoms with Gasteiger partial charge in [-0.3, -0.25) is 9.59 Å². The van der Waals surface area contributed by atoms with Crippen LogP contribution in [0.15, 0.2) is 29.2 Å². The van der Waals surface area contributed by atoms with E-state index in [-0.39, 0.29) is 22.1 Å². The van der Waals surface area contributed by atoms with E-state index in [0.29, 0.717) is 25.1 Å². The van der Waals surface area contributed by atoms with Crippen molar-refractivity contribution in [2.75, 3.05) is 33.7 Å². The molecule has 0 radical (unpaired) electrons. The van der Waals surface area contributed by atoms with Crippen molar-refractivity contribution in [3.05, 3.63) is 29.8 Å². The molecule has 0 bridgehead atoms. The van der Waals surface area contributed by atoms with Crippen molar-refractivity contribution in [3.8, 4) is 0 Å². The Bertz CT molecular complexity index is 812. The van der Waals surface area contributed by atoms with Crippen molar-refractivity contribution in [3.63, 3.8) is 0 Å². The van der Waals surface area contributed by atoms with Crippen LogP contribution in [0.2, 0.25) is 0 Å². The van der Waals surface area contributed by atoms with Crippen molar-refractivity contribution in [2.45, 2.75) is 37.0 Å². The highest BCUT2D eigenvalue weighted by Crippen LogP contribution is 2.42. The molecule has 1 aromatic carbocycles. The fourth-order valence-corrected chi connectivity index (χ4v) is 5.43. The first-order valence-corrected chi connectivity index (χ1v) is 10.8. The standard InChI is InChI=1S/C19H27N3O4S/c1-20-18(24)15-3-5-16(6-4-15)27(25,26)22-13-10-19(11-14-22)8-7-17(23)21(2)12-9-19/h3-6H,7-14H2,1-2H3,(H,20,24). The van der Waals surface area contributed by atoms with Crippen LogP contribution in [-0.2, 0) is 14.8 Å². The average Bonchev–Trinajstić information content (AvgIpc) is 2.82. The molecular formula is C19H27N3O4S. The smallest absolute Gasteiger partial charge is 0.251 e. The van der Waals surface area contributed by atoms with Gasteiger partial charge in [-0.15, -0.1) is 0 Å². The number of likely N-dealkylation sites (tertiary alicyclic amines) is 1. The molecule has 2 amide bonds. The zero-order valence-electron chi connectivity index (χ0n) is 15.9. The predicted molar refractivity (Wildman–Crippen MR) is 102 cm³/mol. The van der Waals surface area contributed by atoms with Gasteiger partial charge in [0.15, 0.2) is 0 Å². The second kappa shape index (κ2) is 7.59. The number of piperidine rings is 1. The Kier molecular flexibility index (Phi) is 5.58. The number of carbonyl (C=O) groups excluding carboxylic acids is 2. The van der Waals surface area contributed by atoms with Gasteiger partial charge in [0.25, 0.3) is 5.91 Å². The van der Waals surface area contributed by atoms with Crippen molar-refractivity contribution in [1.29, 1.82) is 0 Å². The molecule has 0 unspecified atom stereocenters. The SMILES string of the molecule is CNC(=O)c1ccc(S(=O)(=O)N2CCC3(CCC(=O)N(C)CC3)CC2)cc1. The van der Waals surface area contributed by atoms with Gasteiger partial charge < -0.3 is 10.2 Å². The van der Waals surface area contributed by atoms with E-state index >= 15 is 0 Å². The number of rotatable bonds is 3. The van der Waals surface area contributed by atoms with Crippen LogP contribution in [0.3, 0.4) is 0 Å². The van der Waals surface area contributed by atoms with Crippen molar-refractivity contribution in [2.24, 2.45) is 5.41 Å². The van der Waals surface area contributed by atoms with Gasteiger partial charge in [0.05, 0.1) is 4.90 Å². The number of amides is 2. The highest BCUT2D eigenvalue weighted by atomic mass is 32.2. The van der Waals surface area contributed by atoms with E-state index in [1.807, 2.05) is 7.05 Å². The topological polar surface area (TPSA) is 86.8 Å². The summed E-state index contributed by atoms with van der Waals surface area (Å²) in [7, 11) is -0.199. The highest BCUT2D eigenvalue weighted by Gasteiger charge is 2.40. The molecule has 2 aliphatic heterocycles. The molecule has 0 saturated carbocycles. The second-order valence-electron chi connectivity index (χ2n) is 7.57. The summed E-state index contributed by atoms with van der Waals surface area (Å²) in [6.07, 6.45) is 3.88. The number of nitrogens with zero attached hydrogens (tertiary/aromatic N) is 2. The number of hydrogen-bond acceptors (Lipinski definition) is 4. The number of benzene rings is 1. The Balaban J connectivity index is 1.69. The van der Waals surface area contributed by atoms with E-state index < -0.39 is 10.0 Å². The van der Waals surface area contributed by atoms with Crippen LogP contribution in [-0.4, -0.2) is 63.2 Å². The molecule has 8 heteroatoms. The van der Waals surface area contributed by atoms with Crippen molar-refractivity contribution >= 4 is 21.8 Å². The van der Waals surface area contributed by atoms with Crippen LogP contribution in [0.5, 0.6) is 0 Å². The minimum Gasteiger partial charge on any atom is -0.355 e. The van der Waals surface area contributed by atoms with Gasteiger partial charge in [0, 0.05) is 45.7 Å². The molecule has 2 fully saturated rings. The van der Waals surface area contributed by atoms with E-state index in [9.17, 15) is 18.0 Å². The van der Waals surface area contributed by atoms with Crippen LogP contribution in [0.25, 0.3) is 0 Å². The first kappa shape index (κ1) is 19.8. The van der Waals surface area contributed by atoms with Gasteiger partial charge in [-0.25, -0.2) is 8.42 Å². The summed E-state index contributed by atoms with van der Waals surface area (Å²) < 4.78 is 27.4. The van der Waals surface area contributed by atoms with Crippen LogP contribution in [0.1, 0.15) is 42.5 Å². The minimum absolute atomic E-state index is 0.0650. The van der Waals surface area contributed by atoms with Crippen LogP contribution >= 0.6 is 0 Å². The van der Waals surface area contributed by atoms with E-state index in [4.69, 9.17) is 0 Å². The zero-order valence-corrected chi connectivity index (χ0v) is 16.7. The highest BCUT2D eigenvalue weighted by molar-refractivity contribution is 7.89. The van der Waals surface area contributed by atoms with Crippen LogP contribution in [0.4, 0.5) is 0 Å². The monoisotopic (exact) mass is 393 g/mol. The summed E-state index contributed by atoms with van der Waals surface area (Å²) in [6.45, 7) is 1.68. The van der Waals surface area contributed by atoms with E-state index in [2.05, 4.69) is 5.32 Å². The summed E-state index contributed by atoms with van der Waals surface area (Å²) in [5.41, 5.74) is 0.497. The maximum Gasteiger partial charge on any atom is 0.251 e. The molecule has 1 aromatic rings. The molecule has 1 N–H and O–H groups in total. The molecule has 2 saturated heterocycles. The maximum atomic E-state index is 12.9. The summed E-state index contributed by atoms with van der Waals surface area (Å²) in [4.78, 5) is 25.6. The maximum absolute atomic E-state index is 12.9. The Morgan fingerprint density at radius 3 is 2.22 bits per heavy atom. The van der Waals surface area contributed by atoms with E-state index in [1.54, 1.807) is 4.90 Å². The Labute approximate surface area is 160 Å². The molecule has 3 rings (SSSR count). The Morgan fingerprint density at radius 2 is 1.63 bits per heavy atom. The number of hydrogen-bond donors (Lipinski definition) is 1. The summed E-state index contributed by atoms with van der Waals surface area (Å²) in [5.74, 6) is -0.0649. The normalized spacial score (nSPS) is 21.1. The average molecular weight is 394 g/mol. The van der Waals surface area contributed by atoms with Gasteiger partial charge in [0.1, 0.15) is 0 Å². The Hall–Kier alpha value is -1.93. The largest absolute Gasteiger partial charge is 0.355 e. The van der Waals surface area contributed by atoms with Crippen LogP contribution < -0.4 is 5.32 Å². The molecule has 0 atom stereocenters. The molecule has 2 heterocycles. The lowest BCUT2D eigenvalue weighted by atomic mass is 9.73. The fourth-order valence-electron chi connectivity index (χ4n) is 3.99. The fraction of sp³-hybridized carbons (Fsp3) is 0.579. The van der Waals surface area contributed by atoms with Gasteiger partial charge >= 0.3 is 0 Å². The lowest BCUT2D eigenvalue weighted by Crippen LogP contribution is -2.43. The summed E-state index contributed by atoms with van der Waals surface area (Å²) >= 11 is 0. The molecule has 2 aliphatic rings.